The van der Waals surface area contributed by atoms with Crippen LogP contribution in [0.2, 0.25) is 0 Å². The smallest absolute Gasteiger partial charge is 0.201 e. The average molecular weight is 324 g/mol. The Hall–Kier alpha value is -1.89. The molecule has 0 fully saturated rings. The number of anilines is 1. The predicted molar refractivity (Wildman–Crippen MR) is 74.1 cm³/mol. The Morgan fingerprint density at radius 3 is 2.89 bits per heavy atom. The van der Waals surface area contributed by atoms with Crippen molar-refractivity contribution < 1.29 is 4.39 Å². The lowest BCUT2D eigenvalue weighted by molar-refractivity contribution is 0.621. The van der Waals surface area contributed by atoms with Crippen molar-refractivity contribution in [3.63, 3.8) is 0 Å². The summed E-state index contributed by atoms with van der Waals surface area (Å²) >= 11 is 3.14. The first kappa shape index (κ1) is 12.2. The van der Waals surface area contributed by atoms with Gasteiger partial charge in [-0.2, -0.15) is 0 Å². The number of nitrogens with zero attached hydrogens (tertiary/aromatic N) is 4. The van der Waals surface area contributed by atoms with Gasteiger partial charge >= 0.3 is 0 Å². The van der Waals surface area contributed by atoms with Crippen molar-refractivity contribution in [1.29, 1.82) is 0 Å². The minimum Gasteiger partial charge on any atom is -0.369 e. The van der Waals surface area contributed by atoms with E-state index in [1.807, 2.05) is 17.8 Å². The van der Waals surface area contributed by atoms with Crippen LogP contribution in [0.15, 0.2) is 29.0 Å². The lowest BCUT2D eigenvalue weighted by Crippen LogP contribution is -2.08. The summed E-state index contributed by atoms with van der Waals surface area (Å²) in [6, 6.07) is 3.04. The van der Waals surface area contributed by atoms with Crippen LogP contribution in [0.1, 0.15) is 5.82 Å². The van der Waals surface area contributed by atoms with Gasteiger partial charge in [0.1, 0.15) is 11.6 Å². The second-order valence-electron chi connectivity index (χ2n) is 4.27. The Bertz CT molecular complexity index is 761. The number of aromatic nitrogens is 4. The minimum absolute atomic E-state index is 0.339. The number of rotatable bonds is 2. The van der Waals surface area contributed by atoms with Crippen LogP contribution >= 0.6 is 15.9 Å². The first-order valence-corrected chi connectivity index (χ1v) is 6.42. The molecule has 5 nitrogen and oxygen atoms in total. The van der Waals surface area contributed by atoms with E-state index in [1.54, 1.807) is 16.8 Å². The minimum atomic E-state index is -0.339. The van der Waals surface area contributed by atoms with Gasteiger partial charge in [0, 0.05) is 25.5 Å². The lowest BCUT2D eigenvalue weighted by Gasteiger charge is -2.06. The summed E-state index contributed by atoms with van der Waals surface area (Å²) in [6.45, 7) is 0.451. The first-order valence-electron chi connectivity index (χ1n) is 5.63. The Kier molecular flexibility index (Phi) is 2.78. The fraction of sp³-hybridized carbons (Fsp3) is 0.167. The summed E-state index contributed by atoms with van der Waals surface area (Å²) < 4.78 is 17.7. The van der Waals surface area contributed by atoms with Crippen LogP contribution in [0.5, 0.6) is 0 Å². The third-order valence-corrected chi connectivity index (χ3v) is 3.65. The quantitative estimate of drug-likeness (QED) is 0.787. The third kappa shape index (κ3) is 1.99. The van der Waals surface area contributed by atoms with Crippen LogP contribution in [0.3, 0.4) is 0 Å². The first-order chi connectivity index (χ1) is 9.06. The Balaban J connectivity index is 2.15. The number of hydrogen-bond donors (Lipinski definition) is 1. The second-order valence-corrected chi connectivity index (χ2v) is 5.12. The number of nitrogens with two attached hydrogens (primary N) is 1. The van der Waals surface area contributed by atoms with E-state index in [2.05, 4.69) is 25.9 Å². The van der Waals surface area contributed by atoms with Gasteiger partial charge in [-0.15, -0.1) is 0 Å². The van der Waals surface area contributed by atoms with Gasteiger partial charge in [0.15, 0.2) is 0 Å². The fourth-order valence-corrected chi connectivity index (χ4v) is 2.33. The highest BCUT2D eigenvalue weighted by atomic mass is 79.9. The molecule has 0 spiro atoms. The zero-order valence-electron chi connectivity index (χ0n) is 10.1. The molecule has 3 aromatic rings. The molecule has 0 amide bonds. The summed E-state index contributed by atoms with van der Waals surface area (Å²) in [5.41, 5.74) is 7.20. The number of hydrogen-bond acceptors (Lipinski definition) is 3. The lowest BCUT2D eigenvalue weighted by atomic mass is 10.3. The number of benzene rings is 1. The molecular weight excluding hydrogens is 313 g/mol. The maximum atomic E-state index is 13.6. The Morgan fingerprint density at radius 1 is 1.42 bits per heavy atom. The highest BCUT2D eigenvalue weighted by molar-refractivity contribution is 9.10. The van der Waals surface area contributed by atoms with Crippen LogP contribution in [-0.4, -0.2) is 19.1 Å². The zero-order chi connectivity index (χ0) is 13.6. The maximum Gasteiger partial charge on any atom is 0.201 e. The molecule has 0 bridgehead atoms. The molecule has 0 saturated carbocycles. The van der Waals surface area contributed by atoms with Crippen LogP contribution in [0.25, 0.3) is 11.0 Å². The normalized spacial score (nSPS) is 11.3. The van der Waals surface area contributed by atoms with E-state index in [1.165, 1.54) is 6.07 Å². The highest BCUT2D eigenvalue weighted by Gasteiger charge is 2.13. The van der Waals surface area contributed by atoms with Crippen molar-refractivity contribution in [1.82, 2.24) is 19.1 Å². The zero-order valence-corrected chi connectivity index (χ0v) is 11.7. The number of aryl methyl sites for hydroxylation is 1. The molecular formula is C12H11BrFN5. The van der Waals surface area contributed by atoms with Crippen LogP contribution in [0.4, 0.5) is 10.3 Å². The summed E-state index contributed by atoms with van der Waals surface area (Å²) in [5.74, 6) is 0.832. The molecule has 0 aliphatic rings. The molecule has 0 unspecified atom stereocenters. The molecule has 0 atom stereocenters. The molecule has 2 aromatic heterocycles. The number of halogens is 2. The number of fused-ring (bicyclic) bond motifs is 1. The van der Waals surface area contributed by atoms with E-state index >= 15 is 0 Å². The van der Waals surface area contributed by atoms with Crippen molar-refractivity contribution in [2.24, 2.45) is 7.05 Å². The van der Waals surface area contributed by atoms with Gasteiger partial charge in [0.2, 0.25) is 5.95 Å². The van der Waals surface area contributed by atoms with Gasteiger partial charge in [0.25, 0.3) is 0 Å². The van der Waals surface area contributed by atoms with Crippen molar-refractivity contribution in [3.05, 3.63) is 40.6 Å². The molecule has 2 heterocycles. The van der Waals surface area contributed by atoms with E-state index in [4.69, 9.17) is 5.73 Å². The second kappa shape index (κ2) is 4.34. The van der Waals surface area contributed by atoms with Gasteiger partial charge in [-0.3, -0.25) is 0 Å². The van der Waals surface area contributed by atoms with Gasteiger partial charge < -0.3 is 14.9 Å². The van der Waals surface area contributed by atoms with E-state index < -0.39 is 0 Å². The molecule has 0 saturated heterocycles. The summed E-state index contributed by atoms with van der Waals surface area (Å²) in [4.78, 5) is 8.47. The van der Waals surface area contributed by atoms with Crippen molar-refractivity contribution >= 4 is 32.9 Å². The van der Waals surface area contributed by atoms with Crippen LogP contribution < -0.4 is 5.73 Å². The summed E-state index contributed by atoms with van der Waals surface area (Å²) in [6.07, 6.45) is 3.56. The number of nitrogen functional groups attached to an aromatic ring is 1. The molecule has 0 aliphatic carbocycles. The van der Waals surface area contributed by atoms with Crippen molar-refractivity contribution in [2.75, 3.05) is 5.73 Å². The molecule has 3 rings (SSSR count). The molecule has 7 heteroatoms. The SMILES string of the molecule is Cn1ccnc1Cn1c(N)nc2cc(Br)c(F)cc21. The number of imidazole rings is 2. The monoisotopic (exact) mass is 323 g/mol. The van der Waals surface area contributed by atoms with E-state index in [9.17, 15) is 4.39 Å². The van der Waals surface area contributed by atoms with Crippen LogP contribution in [-0.2, 0) is 13.6 Å². The molecule has 19 heavy (non-hydrogen) atoms. The maximum absolute atomic E-state index is 13.6. The topological polar surface area (TPSA) is 61.7 Å². The molecule has 0 radical (unpaired) electrons. The van der Waals surface area contributed by atoms with Crippen LogP contribution in [0, 0.1) is 5.82 Å². The van der Waals surface area contributed by atoms with Gasteiger partial charge in [-0.25, -0.2) is 14.4 Å². The molecule has 2 N–H and O–H groups in total. The Labute approximate surface area is 117 Å². The van der Waals surface area contributed by atoms with E-state index in [0.717, 1.165) is 5.82 Å². The standard InChI is InChI=1S/C12H11BrFN5/c1-18-3-2-16-11(18)6-19-10-5-8(14)7(13)4-9(10)17-12(19)15/h2-5H,6H2,1H3,(H2,15,17). The predicted octanol–water partition coefficient (Wildman–Crippen LogP) is 2.30. The Morgan fingerprint density at radius 2 is 2.21 bits per heavy atom. The van der Waals surface area contributed by atoms with Crippen molar-refractivity contribution in [2.45, 2.75) is 6.54 Å². The summed E-state index contributed by atoms with van der Waals surface area (Å²) in [5, 5.41) is 0. The van der Waals surface area contributed by atoms with Gasteiger partial charge in [-0.05, 0) is 22.0 Å². The van der Waals surface area contributed by atoms with E-state index in [-0.39, 0.29) is 5.82 Å². The fourth-order valence-electron chi connectivity index (χ4n) is 2.00. The summed E-state index contributed by atoms with van der Waals surface area (Å²) in [7, 11) is 1.90. The highest BCUT2D eigenvalue weighted by Crippen LogP contribution is 2.25. The van der Waals surface area contributed by atoms with Crippen molar-refractivity contribution in [3.8, 4) is 0 Å². The molecule has 98 valence electrons. The molecule has 1 aromatic carbocycles. The van der Waals surface area contributed by atoms with Gasteiger partial charge in [0.05, 0.1) is 22.1 Å². The third-order valence-electron chi connectivity index (χ3n) is 3.04. The van der Waals surface area contributed by atoms with Gasteiger partial charge in [-0.1, -0.05) is 0 Å². The van der Waals surface area contributed by atoms with E-state index in [0.29, 0.717) is 28.0 Å². The average Bonchev–Trinajstić information content (AvgIpc) is 2.88. The molecule has 0 aliphatic heterocycles. The largest absolute Gasteiger partial charge is 0.369 e.